The number of benzene rings is 3. The highest BCUT2D eigenvalue weighted by molar-refractivity contribution is 7.99. The molecule has 0 aromatic heterocycles. The van der Waals surface area contributed by atoms with Crippen LogP contribution in [-0.4, -0.2) is 42.2 Å². The molecule has 3 aromatic carbocycles. The van der Waals surface area contributed by atoms with E-state index in [-0.39, 0.29) is 17.6 Å². The Hall–Kier alpha value is -2.96. The predicted octanol–water partition coefficient (Wildman–Crippen LogP) is 6.14. The maximum Gasteiger partial charge on any atom is 0.243 e. The van der Waals surface area contributed by atoms with Crippen molar-refractivity contribution in [1.82, 2.24) is 10.2 Å². The van der Waals surface area contributed by atoms with Crippen LogP contribution in [0.2, 0.25) is 5.02 Å². The van der Waals surface area contributed by atoms with Gasteiger partial charge in [0.1, 0.15) is 11.8 Å². The Morgan fingerprint density at radius 2 is 1.62 bits per heavy atom. The summed E-state index contributed by atoms with van der Waals surface area (Å²) in [5, 5.41) is 3.69. The molecule has 0 radical (unpaired) electrons. The van der Waals surface area contributed by atoms with Gasteiger partial charge in [0.05, 0.1) is 12.9 Å². The molecule has 1 N–H and O–H groups in total. The van der Waals surface area contributed by atoms with Crippen molar-refractivity contribution in [2.45, 2.75) is 44.5 Å². The molecule has 0 saturated heterocycles. The van der Waals surface area contributed by atoms with E-state index in [0.717, 1.165) is 35.3 Å². The third-order valence-corrected chi connectivity index (χ3v) is 7.26. The van der Waals surface area contributed by atoms with E-state index in [1.54, 1.807) is 23.8 Å². The van der Waals surface area contributed by atoms with Crippen LogP contribution < -0.4 is 10.1 Å². The summed E-state index contributed by atoms with van der Waals surface area (Å²) in [6, 6.07) is 24.5. The highest BCUT2D eigenvalue weighted by Gasteiger charge is 2.30. The Morgan fingerprint density at radius 1 is 0.946 bits per heavy atom. The molecular weight excluding hydrogens is 504 g/mol. The third-order valence-electron chi connectivity index (χ3n) is 6.02. The van der Waals surface area contributed by atoms with Gasteiger partial charge in [0.25, 0.3) is 0 Å². The molecule has 1 unspecified atom stereocenters. The molecule has 5 nitrogen and oxygen atoms in total. The first-order valence-electron chi connectivity index (χ1n) is 12.6. The molecular formula is C30H35ClN2O3S. The van der Waals surface area contributed by atoms with Crippen molar-refractivity contribution in [3.8, 4) is 5.75 Å². The van der Waals surface area contributed by atoms with Gasteiger partial charge < -0.3 is 15.0 Å². The van der Waals surface area contributed by atoms with Crippen molar-refractivity contribution >= 4 is 35.2 Å². The van der Waals surface area contributed by atoms with Gasteiger partial charge >= 0.3 is 0 Å². The number of nitrogens with zero attached hydrogens (tertiary/aromatic N) is 1. The molecule has 3 rings (SSSR count). The van der Waals surface area contributed by atoms with Crippen molar-refractivity contribution in [2.24, 2.45) is 0 Å². The zero-order valence-electron chi connectivity index (χ0n) is 21.5. The fourth-order valence-corrected chi connectivity index (χ4v) is 4.90. The largest absolute Gasteiger partial charge is 0.497 e. The van der Waals surface area contributed by atoms with Gasteiger partial charge in [-0.1, -0.05) is 79.5 Å². The topological polar surface area (TPSA) is 58.6 Å². The van der Waals surface area contributed by atoms with Crippen LogP contribution in [0.1, 0.15) is 36.5 Å². The fraction of sp³-hybridized carbons (Fsp3) is 0.333. The predicted molar refractivity (Wildman–Crippen MR) is 153 cm³/mol. The van der Waals surface area contributed by atoms with Gasteiger partial charge in [0.2, 0.25) is 11.8 Å². The lowest BCUT2D eigenvalue weighted by Gasteiger charge is -2.31. The molecule has 1 atom stereocenters. The molecule has 2 amide bonds. The minimum atomic E-state index is -0.621. The van der Waals surface area contributed by atoms with Gasteiger partial charge in [-0.3, -0.25) is 9.59 Å². The van der Waals surface area contributed by atoms with Gasteiger partial charge in [-0.15, -0.1) is 11.8 Å². The van der Waals surface area contributed by atoms with Gasteiger partial charge in [-0.2, -0.15) is 0 Å². The van der Waals surface area contributed by atoms with Gasteiger partial charge in [0.15, 0.2) is 0 Å². The maximum atomic E-state index is 13.7. The second-order valence-corrected chi connectivity index (χ2v) is 10.3. The number of carbonyl (C=O) groups is 2. The minimum absolute atomic E-state index is 0.0694. The lowest BCUT2D eigenvalue weighted by molar-refractivity contribution is -0.139. The smallest absolute Gasteiger partial charge is 0.243 e. The monoisotopic (exact) mass is 538 g/mol. The van der Waals surface area contributed by atoms with E-state index in [9.17, 15) is 9.59 Å². The number of rotatable bonds is 14. The van der Waals surface area contributed by atoms with Crippen molar-refractivity contribution < 1.29 is 14.3 Å². The fourth-order valence-electron chi connectivity index (χ4n) is 3.91. The quantitative estimate of drug-likeness (QED) is 0.250. The molecule has 3 aromatic rings. The Bertz CT molecular complexity index is 1110. The van der Waals surface area contributed by atoms with Gasteiger partial charge in [-0.05, 0) is 47.4 Å². The zero-order chi connectivity index (χ0) is 26.5. The SMILES string of the molecule is CCCCNC(=O)C(Cc1ccccc1)N(Cc1ccc(Cl)cc1)C(=O)CSCc1ccc(OC)cc1. The van der Waals surface area contributed by atoms with Crippen molar-refractivity contribution in [3.05, 3.63) is 101 Å². The minimum Gasteiger partial charge on any atom is -0.497 e. The molecule has 0 aliphatic carbocycles. The Kier molecular flexibility index (Phi) is 11.9. The van der Waals surface area contributed by atoms with Crippen LogP contribution in [0, 0.1) is 0 Å². The van der Waals surface area contributed by atoms with E-state index in [1.165, 1.54) is 0 Å². The first-order chi connectivity index (χ1) is 18.0. The van der Waals surface area contributed by atoms with Crippen LogP contribution >= 0.6 is 23.4 Å². The molecule has 196 valence electrons. The van der Waals surface area contributed by atoms with E-state index in [4.69, 9.17) is 16.3 Å². The van der Waals surface area contributed by atoms with Crippen LogP contribution in [0.5, 0.6) is 5.75 Å². The van der Waals surface area contributed by atoms with E-state index in [0.29, 0.717) is 30.3 Å². The van der Waals surface area contributed by atoms with Crippen molar-refractivity contribution in [1.29, 1.82) is 0 Å². The van der Waals surface area contributed by atoms with E-state index in [2.05, 4.69) is 12.2 Å². The number of halogens is 1. The Morgan fingerprint density at radius 3 is 2.27 bits per heavy atom. The van der Waals surface area contributed by atoms with E-state index >= 15 is 0 Å². The molecule has 0 fully saturated rings. The number of hydrogen-bond donors (Lipinski definition) is 1. The summed E-state index contributed by atoms with van der Waals surface area (Å²) in [7, 11) is 1.64. The lowest BCUT2D eigenvalue weighted by atomic mass is 10.0. The lowest BCUT2D eigenvalue weighted by Crippen LogP contribution is -2.51. The molecule has 37 heavy (non-hydrogen) atoms. The number of carbonyl (C=O) groups excluding carboxylic acids is 2. The van der Waals surface area contributed by atoms with Crippen LogP contribution in [0.25, 0.3) is 0 Å². The summed E-state index contributed by atoms with van der Waals surface area (Å²) in [5.74, 6) is 1.57. The van der Waals surface area contributed by atoms with E-state index < -0.39 is 6.04 Å². The number of thioether (sulfide) groups is 1. The first-order valence-corrected chi connectivity index (χ1v) is 14.1. The first kappa shape index (κ1) is 28.6. The number of unbranched alkanes of at least 4 members (excludes halogenated alkanes) is 1. The molecule has 0 spiro atoms. The molecule has 0 saturated carbocycles. The summed E-state index contributed by atoms with van der Waals surface area (Å²) in [5.41, 5.74) is 3.05. The highest BCUT2D eigenvalue weighted by Crippen LogP contribution is 2.20. The molecule has 7 heteroatoms. The Labute approximate surface area is 229 Å². The summed E-state index contributed by atoms with van der Waals surface area (Å²) in [6.07, 6.45) is 2.33. The number of amides is 2. The molecule has 0 aliphatic heterocycles. The summed E-state index contributed by atoms with van der Waals surface area (Å²) in [4.78, 5) is 28.8. The van der Waals surface area contributed by atoms with E-state index in [1.807, 2.05) is 78.9 Å². The second-order valence-electron chi connectivity index (χ2n) is 8.84. The summed E-state index contributed by atoms with van der Waals surface area (Å²) < 4.78 is 5.23. The van der Waals surface area contributed by atoms with Gasteiger partial charge in [0, 0.05) is 30.3 Å². The number of nitrogens with one attached hydrogen (secondary N) is 1. The van der Waals surface area contributed by atoms with Crippen molar-refractivity contribution in [2.75, 3.05) is 19.4 Å². The van der Waals surface area contributed by atoms with Crippen LogP contribution in [0.15, 0.2) is 78.9 Å². The zero-order valence-corrected chi connectivity index (χ0v) is 23.1. The van der Waals surface area contributed by atoms with Crippen LogP contribution in [-0.2, 0) is 28.3 Å². The molecule has 0 aliphatic rings. The number of methoxy groups -OCH3 is 1. The average Bonchev–Trinajstić information content (AvgIpc) is 2.92. The highest BCUT2D eigenvalue weighted by atomic mass is 35.5. The Balaban J connectivity index is 1.80. The molecule has 0 bridgehead atoms. The third kappa shape index (κ3) is 9.45. The normalized spacial score (nSPS) is 11.5. The summed E-state index contributed by atoms with van der Waals surface area (Å²) >= 11 is 7.63. The van der Waals surface area contributed by atoms with Crippen LogP contribution in [0.3, 0.4) is 0 Å². The second kappa shape index (κ2) is 15.3. The van der Waals surface area contributed by atoms with Crippen molar-refractivity contribution in [3.63, 3.8) is 0 Å². The molecule has 0 heterocycles. The average molecular weight is 539 g/mol. The van der Waals surface area contributed by atoms with Crippen LogP contribution in [0.4, 0.5) is 0 Å². The number of hydrogen-bond acceptors (Lipinski definition) is 4. The summed E-state index contributed by atoms with van der Waals surface area (Å²) in [6.45, 7) is 3.01. The maximum absolute atomic E-state index is 13.7. The van der Waals surface area contributed by atoms with Gasteiger partial charge in [-0.25, -0.2) is 0 Å². The standard InChI is InChI=1S/C30H35ClN2O3S/c1-3-4-18-32-30(35)28(19-23-8-6-5-7-9-23)33(20-24-10-14-26(31)15-11-24)29(34)22-37-21-25-12-16-27(36-2)17-13-25/h5-17,28H,3-4,18-22H2,1-2H3,(H,32,35). The number of ether oxygens (including phenoxy) is 1.